The van der Waals surface area contributed by atoms with Gasteiger partial charge in [0.15, 0.2) is 5.69 Å². The van der Waals surface area contributed by atoms with E-state index >= 15 is 0 Å². The molecule has 10 heteroatoms. The van der Waals surface area contributed by atoms with Crippen LogP contribution < -0.4 is 5.32 Å². The average Bonchev–Trinajstić information content (AvgIpc) is 3.26. The summed E-state index contributed by atoms with van der Waals surface area (Å²) in [6, 6.07) is -1.37. The minimum atomic E-state index is -2.94. The van der Waals surface area contributed by atoms with Gasteiger partial charge in [-0.1, -0.05) is 5.21 Å². The van der Waals surface area contributed by atoms with E-state index in [-0.39, 0.29) is 24.2 Å². The van der Waals surface area contributed by atoms with Gasteiger partial charge in [-0.25, -0.2) is 18.3 Å². The molecule has 1 aromatic rings. The second-order valence-electron chi connectivity index (χ2n) is 7.27. The van der Waals surface area contributed by atoms with Crippen molar-refractivity contribution in [2.24, 2.45) is 0 Å². The first kappa shape index (κ1) is 18.5. The lowest BCUT2D eigenvalue weighted by Gasteiger charge is -2.25. The highest BCUT2D eigenvalue weighted by Gasteiger charge is 2.47. The second-order valence-corrected chi connectivity index (χ2v) is 7.27. The van der Waals surface area contributed by atoms with Gasteiger partial charge in [-0.3, -0.25) is 4.79 Å². The number of likely N-dealkylation sites (tertiary alicyclic amines) is 2. The van der Waals surface area contributed by atoms with Crippen LogP contribution in [0.1, 0.15) is 43.6 Å². The third-order valence-electron chi connectivity index (χ3n) is 4.60. The number of alkyl halides is 2. The SMILES string of the molecule is CC(C)NC(=O)N1CC(F)(F)C[C@H]1Cn1cc(C(=O)N2CCCC2)nn1. The highest BCUT2D eigenvalue weighted by Crippen LogP contribution is 2.32. The molecular formula is C16H24F2N6O2. The zero-order valence-electron chi connectivity index (χ0n) is 15.0. The Morgan fingerprint density at radius 1 is 1.35 bits per heavy atom. The molecule has 1 N–H and O–H groups in total. The van der Waals surface area contributed by atoms with E-state index in [9.17, 15) is 18.4 Å². The first-order valence-corrected chi connectivity index (χ1v) is 8.89. The molecular weight excluding hydrogens is 346 g/mol. The van der Waals surface area contributed by atoms with Gasteiger partial charge in [-0.15, -0.1) is 5.10 Å². The Labute approximate surface area is 150 Å². The summed E-state index contributed by atoms with van der Waals surface area (Å²) in [5.41, 5.74) is 0.204. The minimum absolute atomic E-state index is 0.0708. The molecule has 2 fully saturated rings. The van der Waals surface area contributed by atoms with Crippen LogP contribution in [0.5, 0.6) is 0 Å². The monoisotopic (exact) mass is 370 g/mol. The van der Waals surface area contributed by atoms with Crippen LogP contribution in [0.25, 0.3) is 0 Å². The van der Waals surface area contributed by atoms with Crippen molar-refractivity contribution in [3.05, 3.63) is 11.9 Å². The van der Waals surface area contributed by atoms with Crippen molar-refractivity contribution in [2.75, 3.05) is 19.6 Å². The van der Waals surface area contributed by atoms with Gasteiger partial charge in [-0.05, 0) is 26.7 Å². The van der Waals surface area contributed by atoms with Gasteiger partial charge in [-0.2, -0.15) is 0 Å². The molecule has 1 atom stereocenters. The van der Waals surface area contributed by atoms with Gasteiger partial charge in [0, 0.05) is 25.6 Å². The molecule has 144 valence electrons. The van der Waals surface area contributed by atoms with Crippen LogP contribution >= 0.6 is 0 Å². The van der Waals surface area contributed by atoms with Crippen LogP contribution in [-0.4, -0.2) is 74.4 Å². The van der Waals surface area contributed by atoms with Crippen molar-refractivity contribution in [1.82, 2.24) is 30.1 Å². The summed E-state index contributed by atoms with van der Waals surface area (Å²) in [7, 11) is 0. The highest BCUT2D eigenvalue weighted by molar-refractivity contribution is 5.92. The molecule has 2 saturated heterocycles. The molecule has 0 aliphatic carbocycles. The molecule has 0 aromatic carbocycles. The van der Waals surface area contributed by atoms with E-state index < -0.39 is 31.0 Å². The van der Waals surface area contributed by atoms with Crippen molar-refractivity contribution in [3.8, 4) is 0 Å². The molecule has 26 heavy (non-hydrogen) atoms. The van der Waals surface area contributed by atoms with Crippen LogP contribution in [0.3, 0.4) is 0 Å². The first-order chi connectivity index (χ1) is 12.2. The Kier molecular flexibility index (Phi) is 5.10. The van der Waals surface area contributed by atoms with E-state index in [4.69, 9.17) is 0 Å². The van der Waals surface area contributed by atoms with E-state index in [0.29, 0.717) is 13.1 Å². The van der Waals surface area contributed by atoms with Crippen molar-refractivity contribution in [1.29, 1.82) is 0 Å². The summed E-state index contributed by atoms with van der Waals surface area (Å²) in [6.07, 6.45) is 2.97. The van der Waals surface area contributed by atoms with Gasteiger partial charge >= 0.3 is 6.03 Å². The first-order valence-electron chi connectivity index (χ1n) is 8.89. The Morgan fingerprint density at radius 2 is 2.04 bits per heavy atom. The number of nitrogens with zero attached hydrogens (tertiary/aromatic N) is 5. The lowest BCUT2D eigenvalue weighted by molar-refractivity contribution is 0.0145. The number of carbonyl (C=O) groups is 2. The Bertz CT molecular complexity index is 671. The predicted octanol–water partition coefficient (Wildman–Crippen LogP) is 1.34. The molecule has 3 amide bonds. The molecule has 0 bridgehead atoms. The van der Waals surface area contributed by atoms with E-state index in [1.807, 2.05) is 0 Å². The smallest absolute Gasteiger partial charge is 0.318 e. The van der Waals surface area contributed by atoms with Gasteiger partial charge in [0.2, 0.25) is 0 Å². The number of urea groups is 1. The number of amides is 3. The maximum Gasteiger partial charge on any atom is 0.318 e. The topological polar surface area (TPSA) is 83.4 Å². The number of halogens is 2. The fourth-order valence-electron chi connectivity index (χ4n) is 3.41. The highest BCUT2D eigenvalue weighted by atomic mass is 19.3. The lowest BCUT2D eigenvalue weighted by Crippen LogP contribution is -2.47. The van der Waals surface area contributed by atoms with Crippen molar-refractivity contribution >= 4 is 11.9 Å². The summed E-state index contributed by atoms with van der Waals surface area (Å²) >= 11 is 0. The molecule has 0 saturated carbocycles. The molecule has 0 spiro atoms. The third kappa shape index (κ3) is 4.10. The molecule has 1 aromatic heterocycles. The average molecular weight is 370 g/mol. The summed E-state index contributed by atoms with van der Waals surface area (Å²) in [6.45, 7) is 4.39. The molecule has 2 aliphatic rings. The van der Waals surface area contributed by atoms with E-state index in [0.717, 1.165) is 17.7 Å². The lowest BCUT2D eigenvalue weighted by atomic mass is 10.2. The normalized spacial score (nSPS) is 22.3. The predicted molar refractivity (Wildman–Crippen MR) is 88.9 cm³/mol. The maximum atomic E-state index is 13.9. The van der Waals surface area contributed by atoms with Gasteiger partial charge in [0.25, 0.3) is 11.8 Å². The number of aromatic nitrogens is 3. The van der Waals surface area contributed by atoms with Crippen LogP contribution in [0.2, 0.25) is 0 Å². The molecule has 3 heterocycles. The van der Waals surface area contributed by atoms with Crippen molar-refractivity contribution in [2.45, 2.75) is 57.7 Å². The van der Waals surface area contributed by atoms with E-state index in [2.05, 4.69) is 15.6 Å². The maximum absolute atomic E-state index is 13.9. The molecule has 8 nitrogen and oxygen atoms in total. The summed E-state index contributed by atoms with van der Waals surface area (Å²) < 4.78 is 29.1. The number of hydrogen-bond donors (Lipinski definition) is 1. The summed E-state index contributed by atoms with van der Waals surface area (Å²) in [5, 5.41) is 10.4. The Hall–Kier alpha value is -2.26. The third-order valence-corrected chi connectivity index (χ3v) is 4.60. The zero-order chi connectivity index (χ0) is 18.9. The van der Waals surface area contributed by atoms with Crippen LogP contribution in [0.4, 0.5) is 13.6 Å². The summed E-state index contributed by atoms with van der Waals surface area (Å²) in [5.74, 6) is -3.13. The number of nitrogens with one attached hydrogen (secondary N) is 1. The number of rotatable bonds is 4. The minimum Gasteiger partial charge on any atom is -0.337 e. The number of carbonyl (C=O) groups excluding carboxylic acids is 2. The van der Waals surface area contributed by atoms with Crippen LogP contribution in [0, 0.1) is 0 Å². The largest absolute Gasteiger partial charge is 0.337 e. The van der Waals surface area contributed by atoms with E-state index in [1.54, 1.807) is 18.7 Å². The van der Waals surface area contributed by atoms with Gasteiger partial charge < -0.3 is 15.1 Å². The standard InChI is InChI=1S/C16H24F2N6O2/c1-11(2)19-15(26)24-10-16(17,18)7-12(24)8-23-9-13(20-21-23)14(25)22-5-3-4-6-22/h9,11-12H,3-8,10H2,1-2H3,(H,19,26)/t12-/m0/s1. The van der Waals surface area contributed by atoms with Gasteiger partial charge in [0.05, 0.1) is 25.3 Å². The fraction of sp³-hybridized carbons (Fsp3) is 0.750. The fourth-order valence-corrected chi connectivity index (χ4v) is 3.41. The number of hydrogen-bond acceptors (Lipinski definition) is 4. The van der Waals surface area contributed by atoms with Crippen molar-refractivity contribution < 1.29 is 18.4 Å². The molecule has 3 rings (SSSR count). The van der Waals surface area contributed by atoms with Gasteiger partial charge in [0.1, 0.15) is 0 Å². The van der Waals surface area contributed by atoms with Crippen LogP contribution in [-0.2, 0) is 6.54 Å². The quantitative estimate of drug-likeness (QED) is 0.867. The van der Waals surface area contributed by atoms with E-state index in [1.165, 1.54) is 10.9 Å². The van der Waals surface area contributed by atoms with Crippen LogP contribution in [0.15, 0.2) is 6.20 Å². The molecule has 2 aliphatic heterocycles. The second kappa shape index (κ2) is 7.16. The Balaban J connectivity index is 1.68. The molecule has 0 radical (unpaired) electrons. The zero-order valence-corrected chi connectivity index (χ0v) is 15.0. The van der Waals surface area contributed by atoms with Crippen molar-refractivity contribution in [3.63, 3.8) is 0 Å². The summed E-state index contributed by atoms with van der Waals surface area (Å²) in [4.78, 5) is 27.4. The molecule has 0 unspecified atom stereocenters. The Morgan fingerprint density at radius 3 is 2.69 bits per heavy atom.